The van der Waals surface area contributed by atoms with Crippen LogP contribution < -0.4 is 5.32 Å². The number of carboxylic acid groups (broad SMARTS) is 1. The molecule has 108 valence electrons. The van der Waals surface area contributed by atoms with Crippen LogP contribution >= 0.6 is 11.6 Å². The average Bonchev–Trinajstić information content (AvgIpc) is 2.43. The van der Waals surface area contributed by atoms with E-state index in [2.05, 4.69) is 11.9 Å². The van der Waals surface area contributed by atoms with Crippen molar-refractivity contribution < 1.29 is 19.4 Å². The van der Waals surface area contributed by atoms with Crippen molar-refractivity contribution in [2.75, 3.05) is 6.61 Å². The minimum Gasteiger partial charge on any atom is -0.479 e. The third-order valence-electron chi connectivity index (χ3n) is 2.88. The summed E-state index contributed by atoms with van der Waals surface area (Å²) in [6.45, 7) is 5.09. The topological polar surface area (TPSA) is 75.6 Å². The molecule has 2 N–H and O–H groups in total. The zero-order valence-corrected chi connectivity index (χ0v) is 11.8. The van der Waals surface area contributed by atoms with Crippen LogP contribution in [0.2, 0.25) is 5.02 Å². The predicted molar refractivity (Wildman–Crippen MR) is 75.7 cm³/mol. The standard InChI is InChI=1S/C14H16ClNO4/c1-3-9-20-13(19)16-14(4-2,12(17)18)10-5-7-11(15)8-6-10/h3,5-8H,1,4,9H2,2H3,(H,16,19)(H,17,18). The third kappa shape index (κ3) is 3.51. The molecule has 0 bridgehead atoms. The molecule has 0 aliphatic heterocycles. The molecule has 20 heavy (non-hydrogen) atoms. The van der Waals surface area contributed by atoms with Gasteiger partial charge in [0.1, 0.15) is 6.61 Å². The van der Waals surface area contributed by atoms with Crippen LogP contribution in [-0.2, 0) is 15.1 Å². The van der Waals surface area contributed by atoms with Crippen LogP contribution in [0.5, 0.6) is 0 Å². The summed E-state index contributed by atoms with van der Waals surface area (Å²) < 4.78 is 4.79. The maximum Gasteiger partial charge on any atom is 0.408 e. The number of carboxylic acids is 1. The Morgan fingerprint density at radius 3 is 2.50 bits per heavy atom. The zero-order chi connectivity index (χ0) is 15.2. The van der Waals surface area contributed by atoms with E-state index in [1.165, 1.54) is 6.08 Å². The van der Waals surface area contributed by atoms with Gasteiger partial charge >= 0.3 is 12.1 Å². The second kappa shape index (κ2) is 6.96. The molecular formula is C14H16ClNO4. The number of halogens is 1. The quantitative estimate of drug-likeness (QED) is 0.792. The second-order valence-corrected chi connectivity index (χ2v) is 4.52. The molecule has 1 amide bonds. The van der Waals surface area contributed by atoms with Crippen LogP contribution in [0.25, 0.3) is 0 Å². The Kier molecular flexibility index (Phi) is 5.58. The van der Waals surface area contributed by atoms with Crippen molar-refractivity contribution in [3.05, 3.63) is 47.5 Å². The van der Waals surface area contributed by atoms with E-state index in [4.69, 9.17) is 16.3 Å². The van der Waals surface area contributed by atoms with Gasteiger partial charge in [0.15, 0.2) is 5.54 Å². The Balaban J connectivity index is 3.09. The Morgan fingerprint density at radius 2 is 2.05 bits per heavy atom. The summed E-state index contributed by atoms with van der Waals surface area (Å²) in [4.78, 5) is 23.3. The lowest BCUT2D eigenvalue weighted by Crippen LogP contribution is -2.51. The lowest BCUT2D eigenvalue weighted by molar-refractivity contribution is -0.145. The van der Waals surface area contributed by atoms with Gasteiger partial charge in [-0.05, 0) is 24.1 Å². The van der Waals surface area contributed by atoms with Gasteiger partial charge in [-0.25, -0.2) is 9.59 Å². The highest BCUT2D eigenvalue weighted by Crippen LogP contribution is 2.27. The van der Waals surface area contributed by atoms with Gasteiger partial charge < -0.3 is 15.2 Å². The molecule has 1 atom stereocenters. The molecule has 0 aliphatic rings. The number of amides is 1. The zero-order valence-electron chi connectivity index (χ0n) is 11.1. The molecule has 1 unspecified atom stereocenters. The molecular weight excluding hydrogens is 282 g/mol. The van der Waals surface area contributed by atoms with Gasteiger partial charge in [-0.1, -0.05) is 43.3 Å². The summed E-state index contributed by atoms with van der Waals surface area (Å²) in [5, 5.41) is 12.4. The summed E-state index contributed by atoms with van der Waals surface area (Å²) in [5.41, 5.74) is -1.13. The first-order valence-corrected chi connectivity index (χ1v) is 6.39. The first kappa shape index (κ1) is 16.0. The largest absolute Gasteiger partial charge is 0.479 e. The highest BCUT2D eigenvalue weighted by atomic mass is 35.5. The molecule has 0 heterocycles. The number of hydrogen-bond donors (Lipinski definition) is 2. The van der Waals surface area contributed by atoms with E-state index < -0.39 is 17.6 Å². The van der Waals surface area contributed by atoms with Crippen LogP contribution in [-0.4, -0.2) is 23.8 Å². The van der Waals surface area contributed by atoms with Crippen LogP contribution in [0, 0.1) is 0 Å². The van der Waals surface area contributed by atoms with Crippen LogP contribution in [0.4, 0.5) is 4.79 Å². The molecule has 1 rings (SSSR count). The first-order valence-electron chi connectivity index (χ1n) is 6.01. The van der Waals surface area contributed by atoms with Gasteiger partial charge in [0.05, 0.1) is 0 Å². The Hall–Kier alpha value is -2.01. The fraction of sp³-hybridized carbons (Fsp3) is 0.286. The van der Waals surface area contributed by atoms with Crippen molar-refractivity contribution in [1.82, 2.24) is 5.32 Å². The van der Waals surface area contributed by atoms with E-state index in [9.17, 15) is 14.7 Å². The molecule has 0 radical (unpaired) electrons. The van der Waals surface area contributed by atoms with Crippen molar-refractivity contribution in [2.24, 2.45) is 0 Å². The van der Waals surface area contributed by atoms with Crippen LogP contribution in [0.1, 0.15) is 18.9 Å². The van der Waals surface area contributed by atoms with Gasteiger partial charge in [0.2, 0.25) is 0 Å². The maximum absolute atomic E-state index is 11.7. The normalized spacial score (nSPS) is 13.1. The molecule has 6 heteroatoms. The summed E-state index contributed by atoms with van der Waals surface area (Å²) >= 11 is 5.79. The fourth-order valence-electron chi connectivity index (χ4n) is 1.77. The van der Waals surface area contributed by atoms with Crippen molar-refractivity contribution in [2.45, 2.75) is 18.9 Å². The molecule has 0 saturated heterocycles. The van der Waals surface area contributed by atoms with E-state index in [0.717, 1.165) is 0 Å². The summed E-state index contributed by atoms with van der Waals surface area (Å²) in [7, 11) is 0. The van der Waals surface area contributed by atoms with E-state index in [1.54, 1.807) is 31.2 Å². The Morgan fingerprint density at radius 1 is 1.45 bits per heavy atom. The summed E-state index contributed by atoms with van der Waals surface area (Å²) in [5.74, 6) is -1.17. The van der Waals surface area contributed by atoms with Crippen molar-refractivity contribution in [3.8, 4) is 0 Å². The number of rotatable bonds is 6. The highest BCUT2D eigenvalue weighted by Gasteiger charge is 2.40. The molecule has 5 nitrogen and oxygen atoms in total. The molecule has 0 aliphatic carbocycles. The van der Waals surface area contributed by atoms with Crippen molar-refractivity contribution >= 4 is 23.7 Å². The molecule has 1 aromatic carbocycles. The van der Waals surface area contributed by atoms with Crippen LogP contribution in [0.15, 0.2) is 36.9 Å². The van der Waals surface area contributed by atoms with E-state index in [-0.39, 0.29) is 13.0 Å². The first-order chi connectivity index (χ1) is 9.46. The lowest BCUT2D eigenvalue weighted by Gasteiger charge is -2.29. The predicted octanol–water partition coefficient (Wildman–Crippen LogP) is 2.94. The summed E-state index contributed by atoms with van der Waals surface area (Å²) in [6.07, 6.45) is 0.743. The highest BCUT2D eigenvalue weighted by molar-refractivity contribution is 6.30. The number of alkyl carbamates (subject to hydrolysis) is 1. The average molecular weight is 298 g/mol. The smallest absolute Gasteiger partial charge is 0.408 e. The van der Waals surface area contributed by atoms with Crippen molar-refractivity contribution in [3.63, 3.8) is 0 Å². The Labute approximate surface area is 122 Å². The van der Waals surface area contributed by atoms with E-state index in [0.29, 0.717) is 10.6 Å². The van der Waals surface area contributed by atoms with Gasteiger partial charge in [-0.15, -0.1) is 0 Å². The number of carbonyl (C=O) groups is 2. The summed E-state index contributed by atoms with van der Waals surface area (Å²) in [6, 6.07) is 6.27. The van der Waals surface area contributed by atoms with Gasteiger partial charge in [-0.2, -0.15) is 0 Å². The van der Waals surface area contributed by atoms with E-state index in [1.807, 2.05) is 0 Å². The van der Waals surface area contributed by atoms with Gasteiger partial charge in [0.25, 0.3) is 0 Å². The molecule has 0 aromatic heterocycles. The number of aliphatic carboxylic acids is 1. The number of nitrogens with one attached hydrogen (secondary N) is 1. The Bertz CT molecular complexity index is 500. The van der Waals surface area contributed by atoms with Crippen molar-refractivity contribution in [1.29, 1.82) is 0 Å². The molecule has 0 saturated carbocycles. The van der Waals surface area contributed by atoms with Gasteiger partial charge in [0, 0.05) is 5.02 Å². The molecule has 1 aromatic rings. The third-order valence-corrected chi connectivity index (χ3v) is 3.13. The van der Waals surface area contributed by atoms with Crippen LogP contribution in [0.3, 0.4) is 0 Å². The molecule has 0 spiro atoms. The monoisotopic (exact) mass is 297 g/mol. The molecule has 0 fully saturated rings. The van der Waals surface area contributed by atoms with E-state index >= 15 is 0 Å². The minimum atomic E-state index is -1.55. The number of carbonyl (C=O) groups excluding carboxylic acids is 1. The number of hydrogen-bond acceptors (Lipinski definition) is 3. The maximum atomic E-state index is 11.7. The fourth-order valence-corrected chi connectivity index (χ4v) is 1.90. The number of benzene rings is 1. The van der Waals surface area contributed by atoms with Gasteiger partial charge in [-0.3, -0.25) is 0 Å². The lowest BCUT2D eigenvalue weighted by atomic mass is 9.87. The number of ether oxygens (including phenoxy) is 1. The SMILES string of the molecule is C=CCOC(=O)NC(CC)(C(=O)O)c1ccc(Cl)cc1. The minimum absolute atomic E-state index is 0.00582. The second-order valence-electron chi connectivity index (χ2n) is 4.08.